The summed E-state index contributed by atoms with van der Waals surface area (Å²) in [5.74, 6) is -2.12. The summed E-state index contributed by atoms with van der Waals surface area (Å²) in [4.78, 5) is 49.8. The number of hydrogen-bond acceptors (Lipinski definition) is 5. The Morgan fingerprint density at radius 3 is 2.71 bits per heavy atom. The van der Waals surface area contributed by atoms with E-state index < -0.39 is 23.3 Å². The number of aliphatic carboxylic acids is 1. The maximum Gasteiger partial charge on any atom is 0.322 e. The molecule has 8 nitrogen and oxygen atoms in total. The number of hydrogen-bond donors (Lipinski definition) is 3. The third-order valence-electron chi connectivity index (χ3n) is 5.00. The molecule has 1 saturated carbocycles. The minimum Gasteiger partial charge on any atom is -0.480 e. The molecule has 3 heterocycles. The second-order valence-corrected chi connectivity index (χ2v) is 6.44. The molecule has 0 aromatic heterocycles. The van der Waals surface area contributed by atoms with E-state index in [1.165, 1.54) is 6.07 Å². The maximum atomic E-state index is 12.9. The molecular formula is C16H15N3O5. The molecule has 3 amide bonds. The molecule has 124 valence electrons. The number of fused-ring (bicyclic) bond motifs is 3. The van der Waals surface area contributed by atoms with Crippen LogP contribution in [0.4, 0.5) is 5.69 Å². The number of carboxylic acids is 1. The number of nitrogens with one attached hydrogen (secondary N) is 2. The zero-order chi connectivity index (χ0) is 17.1. The fourth-order valence-corrected chi connectivity index (χ4v) is 3.90. The summed E-state index contributed by atoms with van der Waals surface area (Å²) in [6.45, 7) is 0.209. The van der Waals surface area contributed by atoms with Crippen molar-refractivity contribution in [2.45, 2.75) is 18.4 Å². The number of benzene rings is 1. The molecule has 0 atom stereocenters. The standard InChI is InChI=1S/C16H15N3O5/c20-11(21)7-17-10-3-1-2-9-12(10)14(23)19(13(9)22)16-4-8(5-16)6-18-15(16)24/h1-3,8,17H,4-7H2,(H,18,24)(H,20,21). The number of carboxylic acid groups (broad SMARTS) is 1. The molecule has 2 bridgehead atoms. The van der Waals surface area contributed by atoms with Crippen molar-refractivity contribution < 1.29 is 24.3 Å². The fourth-order valence-electron chi connectivity index (χ4n) is 3.90. The quantitative estimate of drug-likeness (QED) is 0.673. The van der Waals surface area contributed by atoms with Gasteiger partial charge in [0.05, 0.1) is 11.1 Å². The average molecular weight is 329 g/mol. The van der Waals surface area contributed by atoms with Crippen molar-refractivity contribution in [1.29, 1.82) is 0 Å². The SMILES string of the molecule is O=C(O)CNc1cccc2c1C(=O)N(C13CC(CNC1=O)C3)C2=O. The largest absolute Gasteiger partial charge is 0.480 e. The topological polar surface area (TPSA) is 116 Å². The first-order valence-electron chi connectivity index (χ1n) is 7.70. The molecule has 0 spiro atoms. The van der Waals surface area contributed by atoms with Crippen LogP contribution >= 0.6 is 0 Å². The predicted octanol–water partition coefficient (Wildman–Crippen LogP) is 0.0577. The van der Waals surface area contributed by atoms with Gasteiger partial charge in [0, 0.05) is 12.2 Å². The Labute approximate surface area is 136 Å². The lowest BCUT2D eigenvalue weighted by molar-refractivity contribution is -0.145. The summed E-state index contributed by atoms with van der Waals surface area (Å²) in [5.41, 5.74) is -0.467. The summed E-state index contributed by atoms with van der Waals surface area (Å²) in [7, 11) is 0. The van der Waals surface area contributed by atoms with Crippen LogP contribution in [0.15, 0.2) is 18.2 Å². The highest BCUT2D eigenvalue weighted by atomic mass is 16.4. The molecular weight excluding hydrogens is 314 g/mol. The molecule has 1 aliphatic carbocycles. The van der Waals surface area contributed by atoms with E-state index >= 15 is 0 Å². The molecule has 8 heteroatoms. The monoisotopic (exact) mass is 329 g/mol. The molecule has 5 rings (SSSR count). The third-order valence-corrected chi connectivity index (χ3v) is 5.00. The summed E-state index contributed by atoms with van der Waals surface area (Å²) in [5, 5.41) is 14.2. The van der Waals surface area contributed by atoms with Gasteiger partial charge >= 0.3 is 5.97 Å². The minimum absolute atomic E-state index is 0.139. The number of piperidine rings is 2. The van der Waals surface area contributed by atoms with Gasteiger partial charge in [-0.15, -0.1) is 0 Å². The summed E-state index contributed by atoms with van der Waals surface area (Å²) >= 11 is 0. The Balaban J connectivity index is 1.72. The van der Waals surface area contributed by atoms with Crippen LogP contribution in [-0.2, 0) is 9.59 Å². The van der Waals surface area contributed by atoms with Crippen molar-refractivity contribution >= 4 is 29.4 Å². The van der Waals surface area contributed by atoms with Crippen LogP contribution in [0.5, 0.6) is 0 Å². The van der Waals surface area contributed by atoms with E-state index in [2.05, 4.69) is 10.6 Å². The maximum absolute atomic E-state index is 12.9. The number of amides is 3. The van der Waals surface area contributed by atoms with Gasteiger partial charge in [-0.05, 0) is 30.9 Å². The molecule has 2 saturated heterocycles. The van der Waals surface area contributed by atoms with E-state index in [0.29, 0.717) is 25.1 Å². The van der Waals surface area contributed by atoms with Crippen LogP contribution in [0.1, 0.15) is 33.6 Å². The number of carbonyl (C=O) groups excluding carboxylic acids is 3. The van der Waals surface area contributed by atoms with E-state index in [0.717, 1.165) is 4.90 Å². The highest BCUT2D eigenvalue weighted by Gasteiger charge is 2.62. The van der Waals surface area contributed by atoms with Gasteiger partial charge < -0.3 is 15.7 Å². The molecule has 24 heavy (non-hydrogen) atoms. The number of rotatable bonds is 4. The Hall–Kier alpha value is -2.90. The first kappa shape index (κ1) is 14.7. The molecule has 1 aromatic carbocycles. The van der Waals surface area contributed by atoms with Crippen molar-refractivity contribution in [1.82, 2.24) is 10.2 Å². The van der Waals surface area contributed by atoms with Crippen molar-refractivity contribution in [2.75, 3.05) is 18.4 Å². The van der Waals surface area contributed by atoms with Gasteiger partial charge in [-0.25, -0.2) is 0 Å². The summed E-state index contributed by atoms with van der Waals surface area (Å²) in [6.07, 6.45) is 0.977. The van der Waals surface area contributed by atoms with Crippen LogP contribution in [-0.4, -0.2) is 52.3 Å². The average Bonchev–Trinajstić information content (AvgIpc) is 2.77. The number of nitrogens with zero attached hydrogens (tertiary/aromatic N) is 1. The van der Waals surface area contributed by atoms with Gasteiger partial charge in [-0.1, -0.05) is 6.07 Å². The Kier molecular flexibility index (Phi) is 2.93. The van der Waals surface area contributed by atoms with Crippen molar-refractivity contribution in [3.63, 3.8) is 0 Å². The Bertz CT molecular complexity index is 797. The molecule has 1 aromatic rings. The van der Waals surface area contributed by atoms with Gasteiger partial charge in [0.2, 0.25) is 5.91 Å². The normalized spacial score (nSPS) is 27.4. The predicted molar refractivity (Wildman–Crippen MR) is 81.5 cm³/mol. The van der Waals surface area contributed by atoms with Crippen molar-refractivity contribution in [2.24, 2.45) is 5.92 Å². The molecule has 0 unspecified atom stereocenters. The number of carbonyl (C=O) groups is 4. The number of anilines is 1. The first-order valence-corrected chi connectivity index (χ1v) is 7.70. The number of imide groups is 1. The fraction of sp³-hybridized carbons (Fsp3) is 0.375. The van der Waals surface area contributed by atoms with Crippen molar-refractivity contribution in [3.05, 3.63) is 29.3 Å². The van der Waals surface area contributed by atoms with Crippen LogP contribution in [0, 0.1) is 5.92 Å². The highest BCUT2D eigenvalue weighted by Crippen LogP contribution is 2.48. The molecule has 0 radical (unpaired) electrons. The van der Waals surface area contributed by atoms with Gasteiger partial charge in [-0.2, -0.15) is 0 Å². The van der Waals surface area contributed by atoms with Gasteiger partial charge in [0.1, 0.15) is 12.1 Å². The lowest BCUT2D eigenvalue weighted by Crippen LogP contribution is -2.72. The lowest BCUT2D eigenvalue weighted by atomic mass is 9.64. The van der Waals surface area contributed by atoms with Crippen LogP contribution in [0.3, 0.4) is 0 Å². The first-order chi connectivity index (χ1) is 11.4. The molecule has 4 aliphatic rings. The van der Waals surface area contributed by atoms with E-state index in [-0.39, 0.29) is 29.5 Å². The third kappa shape index (κ3) is 1.79. The summed E-state index contributed by atoms with van der Waals surface area (Å²) in [6, 6.07) is 4.66. The highest BCUT2D eigenvalue weighted by molar-refractivity contribution is 6.26. The van der Waals surface area contributed by atoms with Gasteiger partial charge in [0.15, 0.2) is 0 Å². The Morgan fingerprint density at radius 2 is 2.04 bits per heavy atom. The smallest absolute Gasteiger partial charge is 0.322 e. The van der Waals surface area contributed by atoms with E-state index in [9.17, 15) is 19.2 Å². The minimum atomic E-state index is -1.10. The zero-order valence-electron chi connectivity index (χ0n) is 12.7. The van der Waals surface area contributed by atoms with Crippen LogP contribution < -0.4 is 10.6 Å². The van der Waals surface area contributed by atoms with E-state index in [1.807, 2.05) is 0 Å². The van der Waals surface area contributed by atoms with Crippen molar-refractivity contribution in [3.8, 4) is 0 Å². The molecule has 3 fully saturated rings. The summed E-state index contributed by atoms with van der Waals surface area (Å²) < 4.78 is 0. The lowest BCUT2D eigenvalue weighted by Gasteiger charge is -2.54. The van der Waals surface area contributed by atoms with Gasteiger partial charge in [0.25, 0.3) is 11.8 Å². The van der Waals surface area contributed by atoms with E-state index in [1.54, 1.807) is 12.1 Å². The second-order valence-electron chi connectivity index (χ2n) is 6.44. The van der Waals surface area contributed by atoms with Crippen LogP contribution in [0.25, 0.3) is 0 Å². The zero-order valence-corrected chi connectivity index (χ0v) is 12.7. The second kappa shape index (κ2) is 4.80. The van der Waals surface area contributed by atoms with E-state index in [4.69, 9.17) is 5.11 Å². The Morgan fingerprint density at radius 1 is 1.29 bits per heavy atom. The molecule has 3 aliphatic heterocycles. The molecule has 3 N–H and O–H groups in total. The van der Waals surface area contributed by atoms with Gasteiger partial charge in [-0.3, -0.25) is 24.1 Å². The van der Waals surface area contributed by atoms with Crippen LogP contribution in [0.2, 0.25) is 0 Å².